The van der Waals surface area contributed by atoms with Crippen LogP contribution < -0.4 is 5.32 Å². The summed E-state index contributed by atoms with van der Waals surface area (Å²) in [5, 5.41) is 6.86. The molecule has 96 valence electrons. The second kappa shape index (κ2) is 5.94. The highest BCUT2D eigenvalue weighted by atomic mass is 32.1. The number of hydrogen-bond donors (Lipinski definition) is 1. The zero-order valence-electron chi connectivity index (χ0n) is 10.9. The number of nitrogens with zero attached hydrogens (tertiary/aromatic N) is 1. The van der Waals surface area contributed by atoms with Crippen molar-refractivity contribution in [3.05, 3.63) is 16.1 Å². The zero-order chi connectivity index (χ0) is 12.3. The summed E-state index contributed by atoms with van der Waals surface area (Å²) in [6.07, 6.45) is 4.10. The summed E-state index contributed by atoms with van der Waals surface area (Å²) in [4.78, 5) is 4.55. The van der Waals surface area contributed by atoms with Crippen molar-refractivity contribution in [2.24, 2.45) is 0 Å². The summed E-state index contributed by atoms with van der Waals surface area (Å²) >= 11 is 1.73. The van der Waals surface area contributed by atoms with Crippen molar-refractivity contribution in [1.29, 1.82) is 0 Å². The molecule has 1 aliphatic heterocycles. The van der Waals surface area contributed by atoms with E-state index in [0.29, 0.717) is 18.2 Å². The molecule has 3 nitrogen and oxygen atoms in total. The molecule has 4 heteroatoms. The van der Waals surface area contributed by atoms with E-state index in [4.69, 9.17) is 4.74 Å². The molecule has 17 heavy (non-hydrogen) atoms. The first-order valence-electron chi connectivity index (χ1n) is 6.49. The van der Waals surface area contributed by atoms with Crippen LogP contribution in [0.1, 0.15) is 37.4 Å². The van der Waals surface area contributed by atoms with Crippen LogP contribution in [-0.4, -0.2) is 29.8 Å². The molecule has 2 rings (SSSR count). The van der Waals surface area contributed by atoms with E-state index < -0.39 is 0 Å². The number of hydrogen-bond acceptors (Lipinski definition) is 4. The fraction of sp³-hybridized carbons (Fsp3) is 0.769. The van der Waals surface area contributed by atoms with Crippen LogP contribution in [0.3, 0.4) is 0 Å². The fourth-order valence-corrected chi connectivity index (χ4v) is 3.08. The first kappa shape index (κ1) is 13.0. The molecule has 0 spiro atoms. The number of aromatic nitrogens is 1. The number of likely N-dealkylation sites (N-methyl/N-ethyl adjacent to an activating group) is 1. The van der Waals surface area contributed by atoms with Gasteiger partial charge in [-0.15, -0.1) is 11.3 Å². The molecule has 1 fully saturated rings. The molecule has 0 aliphatic carbocycles. The monoisotopic (exact) mass is 254 g/mol. The molecule has 3 atom stereocenters. The van der Waals surface area contributed by atoms with Crippen molar-refractivity contribution >= 4 is 11.3 Å². The lowest BCUT2D eigenvalue weighted by Crippen LogP contribution is -2.41. The molecule has 0 saturated carbocycles. The van der Waals surface area contributed by atoms with Gasteiger partial charge in [-0.3, -0.25) is 0 Å². The van der Waals surface area contributed by atoms with Gasteiger partial charge in [-0.2, -0.15) is 0 Å². The number of aryl methyl sites for hydroxylation is 1. The van der Waals surface area contributed by atoms with Gasteiger partial charge in [-0.25, -0.2) is 4.98 Å². The maximum absolute atomic E-state index is 5.97. The Morgan fingerprint density at radius 2 is 2.41 bits per heavy atom. The zero-order valence-corrected chi connectivity index (χ0v) is 11.7. The third-order valence-electron chi connectivity index (χ3n) is 3.28. The first-order valence-corrected chi connectivity index (χ1v) is 7.37. The Hall–Kier alpha value is -0.450. The highest BCUT2D eigenvalue weighted by Gasteiger charge is 2.29. The highest BCUT2D eigenvalue weighted by Crippen LogP contribution is 2.23. The Morgan fingerprint density at radius 3 is 2.94 bits per heavy atom. The summed E-state index contributed by atoms with van der Waals surface area (Å²) in [5.74, 6) is 0. The quantitative estimate of drug-likeness (QED) is 0.877. The van der Waals surface area contributed by atoms with E-state index in [1.165, 1.54) is 18.5 Å². The van der Waals surface area contributed by atoms with Gasteiger partial charge in [0.1, 0.15) is 0 Å². The molecule has 0 radical (unpaired) electrons. The fourth-order valence-electron chi connectivity index (χ4n) is 2.45. The summed E-state index contributed by atoms with van der Waals surface area (Å²) in [6, 6.07) is 0.409. The molecule has 1 N–H and O–H groups in total. The van der Waals surface area contributed by atoms with Crippen LogP contribution in [0.5, 0.6) is 0 Å². The van der Waals surface area contributed by atoms with Gasteiger partial charge in [0, 0.05) is 17.8 Å². The maximum atomic E-state index is 5.97. The molecule has 3 unspecified atom stereocenters. The van der Waals surface area contributed by atoms with E-state index >= 15 is 0 Å². The smallest absolute Gasteiger partial charge is 0.0897 e. The lowest BCUT2D eigenvalue weighted by molar-refractivity contribution is 0.0322. The normalized spacial score (nSPS) is 26.3. The second-order valence-electron chi connectivity index (χ2n) is 4.79. The van der Waals surface area contributed by atoms with Crippen molar-refractivity contribution < 1.29 is 4.74 Å². The number of thiazole rings is 1. The van der Waals surface area contributed by atoms with Crippen molar-refractivity contribution in [2.75, 3.05) is 6.54 Å². The van der Waals surface area contributed by atoms with Crippen molar-refractivity contribution in [3.8, 4) is 0 Å². The minimum absolute atomic E-state index is 0.354. The van der Waals surface area contributed by atoms with Gasteiger partial charge >= 0.3 is 0 Å². The number of ether oxygens (including phenoxy) is 1. The summed E-state index contributed by atoms with van der Waals surface area (Å²) in [6.45, 7) is 7.36. The molecular formula is C13H22N2OS. The molecular weight excluding hydrogens is 232 g/mol. The van der Waals surface area contributed by atoms with Gasteiger partial charge < -0.3 is 10.1 Å². The summed E-state index contributed by atoms with van der Waals surface area (Å²) in [5.41, 5.74) is 1.20. The lowest BCUT2D eigenvalue weighted by atomic mass is 10.0. The Balaban J connectivity index is 1.97. The van der Waals surface area contributed by atoms with Crippen LogP contribution >= 0.6 is 11.3 Å². The SMILES string of the molecule is CCNC(Cc1csc(C)n1)C1CCC(C)O1. The molecule has 0 bridgehead atoms. The van der Waals surface area contributed by atoms with Crippen LogP contribution in [-0.2, 0) is 11.2 Å². The van der Waals surface area contributed by atoms with Gasteiger partial charge in [0.05, 0.1) is 22.9 Å². The van der Waals surface area contributed by atoms with Crippen LogP contribution in [0.4, 0.5) is 0 Å². The molecule has 1 aromatic rings. The number of rotatable bonds is 5. The van der Waals surface area contributed by atoms with Crippen LogP contribution in [0.25, 0.3) is 0 Å². The van der Waals surface area contributed by atoms with Crippen LogP contribution in [0.15, 0.2) is 5.38 Å². The van der Waals surface area contributed by atoms with Crippen LogP contribution in [0, 0.1) is 6.92 Å². The van der Waals surface area contributed by atoms with Crippen molar-refractivity contribution in [1.82, 2.24) is 10.3 Å². The minimum atomic E-state index is 0.354. The largest absolute Gasteiger partial charge is 0.374 e. The molecule has 0 aromatic carbocycles. The van der Waals surface area contributed by atoms with E-state index in [-0.39, 0.29) is 0 Å². The Labute approximate surface area is 108 Å². The van der Waals surface area contributed by atoms with E-state index in [1.54, 1.807) is 11.3 Å². The van der Waals surface area contributed by atoms with E-state index in [9.17, 15) is 0 Å². The maximum Gasteiger partial charge on any atom is 0.0897 e. The van der Waals surface area contributed by atoms with Gasteiger partial charge in [-0.1, -0.05) is 6.92 Å². The van der Waals surface area contributed by atoms with Crippen molar-refractivity contribution in [2.45, 2.75) is 58.3 Å². The average Bonchev–Trinajstić information content (AvgIpc) is 2.87. The third-order valence-corrected chi connectivity index (χ3v) is 4.10. The predicted molar refractivity (Wildman–Crippen MR) is 71.6 cm³/mol. The summed E-state index contributed by atoms with van der Waals surface area (Å²) < 4.78 is 5.97. The van der Waals surface area contributed by atoms with Gasteiger partial charge in [0.15, 0.2) is 0 Å². The van der Waals surface area contributed by atoms with Crippen molar-refractivity contribution in [3.63, 3.8) is 0 Å². The Morgan fingerprint density at radius 1 is 1.59 bits per heavy atom. The van der Waals surface area contributed by atoms with E-state index in [0.717, 1.165) is 18.0 Å². The van der Waals surface area contributed by atoms with Gasteiger partial charge in [0.2, 0.25) is 0 Å². The molecule has 1 saturated heterocycles. The Kier molecular flexibility index (Phi) is 4.54. The standard InChI is InChI=1S/C13H22N2OS/c1-4-14-12(13-6-5-9(2)16-13)7-11-8-17-10(3)15-11/h8-9,12-14H,4-7H2,1-3H3. The second-order valence-corrected chi connectivity index (χ2v) is 5.85. The minimum Gasteiger partial charge on any atom is -0.374 e. The third kappa shape index (κ3) is 3.50. The van der Waals surface area contributed by atoms with Gasteiger partial charge in [0.25, 0.3) is 0 Å². The topological polar surface area (TPSA) is 34.2 Å². The predicted octanol–water partition coefficient (Wildman–Crippen LogP) is 2.54. The van der Waals surface area contributed by atoms with Gasteiger partial charge in [-0.05, 0) is 33.2 Å². The lowest BCUT2D eigenvalue weighted by Gasteiger charge is -2.23. The molecule has 0 amide bonds. The number of nitrogens with one attached hydrogen (secondary N) is 1. The molecule has 2 heterocycles. The van der Waals surface area contributed by atoms with Crippen LogP contribution in [0.2, 0.25) is 0 Å². The highest BCUT2D eigenvalue weighted by molar-refractivity contribution is 7.09. The Bertz CT molecular complexity index is 353. The molecule has 1 aromatic heterocycles. The first-order chi connectivity index (χ1) is 8.19. The summed E-state index contributed by atoms with van der Waals surface area (Å²) in [7, 11) is 0. The molecule has 1 aliphatic rings. The van der Waals surface area contributed by atoms with E-state index in [1.807, 2.05) is 0 Å². The average molecular weight is 254 g/mol. The van der Waals surface area contributed by atoms with E-state index in [2.05, 4.69) is 36.5 Å².